The molecule has 3 atom stereocenters. The minimum Gasteiger partial charge on any atom is -0.479 e. The fourth-order valence-corrected chi connectivity index (χ4v) is 4.08. The standard InChI is InChI=1S/C25H32F3NO6/c1-3-12-32-22(24(30)31)15-34-17-9-7-8-16(13-17)33-14-20-21(4-2)35-23(29-20)18-10-5-6-11-19(18)25(26,27)28/h5-6,10-11,16-17,22H,3-4,7-9,12-15H2,1-2H3,(H,30,31)/t16-,17+,22?/m0/s1. The number of aromatic nitrogens is 1. The van der Waals surface area contributed by atoms with Gasteiger partial charge in [0.25, 0.3) is 0 Å². The zero-order chi connectivity index (χ0) is 25.4. The predicted molar refractivity (Wildman–Crippen MR) is 121 cm³/mol. The Balaban J connectivity index is 1.61. The molecule has 1 fully saturated rings. The van der Waals surface area contributed by atoms with Crippen molar-refractivity contribution in [2.45, 2.75) is 83.5 Å². The molecule has 0 aliphatic heterocycles. The molecule has 0 bridgehead atoms. The number of nitrogens with zero attached hydrogens (tertiary/aromatic N) is 1. The summed E-state index contributed by atoms with van der Waals surface area (Å²) in [6.45, 7) is 4.17. The van der Waals surface area contributed by atoms with Crippen molar-refractivity contribution in [3.63, 3.8) is 0 Å². The molecule has 1 N–H and O–H groups in total. The molecule has 0 saturated heterocycles. The third-order valence-corrected chi connectivity index (χ3v) is 5.88. The van der Waals surface area contributed by atoms with Gasteiger partial charge in [0.1, 0.15) is 11.5 Å². The Hall–Kier alpha value is -2.43. The maximum Gasteiger partial charge on any atom is 0.417 e. The van der Waals surface area contributed by atoms with E-state index in [9.17, 15) is 23.1 Å². The Morgan fingerprint density at radius 1 is 1.20 bits per heavy atom. The quantitative estimate of drug-likeness (QED) is 0.404. The summed E-state index contributed by atoms with van der Waals surface area (Å²) < 4.78 is 63.1. The number of alkyl halides is 3. The number of aliphatic carboxylic acids is 1. The van der Waals surface area contributed by atoms with Gasteiger partial charge in [-0.1, -0.05) is 26.0 Å². The fourth-order valence-electron chi connectivity index (χ4n) is 4.08. The molecule has 0 radical (unpaired) electrons. The Labute approximate surface area is 202 Å². The number of carbonyl (C=O) groups is 1. The lowest BCUT2D eigenvalue weighted by atomic mass is 9.95. The van der Waals surface area contributed by atoms with Gasteiger partial charge >= 0.3 is 12.1 Å². The first kappa shape index (κ1) is 27.2. The van der Waals surface area contributed by atoms with E-state index in [-0.39, 0.29) is 36.9 Å². The number of carboxylic acid groups (broad SMARTS) is 1. The zero-order valence-corrected chi connectivity index (χ0v) is 20.0. The highest BCUT2D eigenvalue weighted by atomic mass is 19.4. The number of ether oxygens (including phenoxy) is 3. The first-order valence-corrected chi connectivity index (χ1v) is 12.0. The minimum atomic E-state index is -4.52. The van der Waals surface area contributed by atoms with Crippen molar-refractivity contribution in [2.24, 2.45) is 0 Å². The summed E-state index contributed by atoms with van der Waals surface area (Å²) in [6, 6.07) is 5.19. The molecule has 1 heterocycles. The van der Waals surface area contributed by atoms with Crippen molar-refractivity contribution in [3.05, 3.63) is 41.3 Å². The smallest absolute Gasteiger partial charge is 0.417 e. The van der Waals surface area contributed by atoms with Crippen molar-refractivity contribution in [3.8, 4) is 11.5 Å². The number of hydrogen-bond donors (Lipinski definition) is 1. The molecule has 1 unspecified atom stereocenters. The second-order valence-electron chi connectivity index (χ2n) is 8.54. The summed E-state index contributed by atoms with van der Waals surface area (Å²) in [5, 5.41) is 9.28. The summed E-state index contributed by atoms with van der Waals surface area (Å²) in [4.78, 5) is 15.7. The monoisotopic (exact) mass is 499 g/mol. The summed E-state index contributed by atoms with van der Waals surface area (Å²) in [7, 11) is 0. The molecule has 1 aliphatic carbocycles. The Bertz CT molecular complexity index is 961. The van der Waals surface area contributed by atoms with Crippen LogP contribution in [0.4, 0.5) is 13.2 Å². The van der Waals surface area contributed by atoms with E-state index in [1.807, 2.05) is 13.8 Å². The Morgan fingerprint density at radius 3 is 2.57 bits per heavy atom. The molecule has 1 aromatic carbocycles. The second-order valence-corrected chi connectivity index (χ2v) is 8.54. The van der Waals surface area contributed by atoms with Crippen LogP contribution in [0.15, 0.2) is 28.7 Å². The molecular weight excluding hydrogens is 467 g/mol. The molecule has 0 amide bonds. The normalized spacial score (nSPS) is 19.6. The van der Waals surface area contributed by atoms with E-state index in [2.05, 4.69) is 4.98 Å². The van der Waals surface area contributed by atoms with Gasteiger partial charge in [-0.25, -0.2) is 9.78 Å². The third-order valence-electron chi connectivity index (χ3n) is 5.88. The number of halogens is 3. The topological polar surface area (TPSA) is 91.0 Å². The van der Waals surface area contributed by atoms with E-state index in [1.54, 1.807) is 0 Å². The Morgan fingerprint density at radius 2 is 1.91 bits per heavy atom. The van der Waals surface area contributed by atoms with Crippen molar-refractivity contribution >= 4 is 5.97 Å². The van der Waals surface area contributed by atoms with E-state index >= 15 is 0 Å². The maximum atomic E-state index is 13.4. The molecule has 3 rings (SSSR count). The summed E-state index contributed by atoms with van der Waals surface area (Å²) in [6.07, 6.45) is -1.60. The number of rotatable bonds is 12. The predicted octanol–water partition coefficient (Wildman–Crippen LogP) is 5.65. The fraction of sp³-hybridized carbons (Fsp3) is 0.600. The van der Waals surface area contributed by atoms with E-state index in [0.717, 1.165) is 25.3 Å². The number of oxazole rings is 1. The zero-order valence-electron chi connectivity index (χ0n) is 20.0. The largest absolute Gasteiger partial charge is 0.479 e. The van der Waals surface area contributed by atoms with E-state index in [1.165, 1.54) is 18.2 Å². The third kappa shape index (κ3) is 7.52. The summed E-state index contributed by atoms with van der Waals surface area (Å²) in [5.74, 6) is -0.647. The minimum absolute atomic E-state index is 0.0298. The molecule has 1 aliphatic rings. The Kier molecular flexibility index (Phi) is 9.71. The van der Waals surface area contributed by atoms with Crippen LogP contribution in [0.2, 0.25) is 0 Å². The van der Waals surface area contributed by atoms with Gasteiger partial charge in [0.15, 0.2) is 6.10 Å². The average molecular weight is 500 g/mol. The highest BCUT2D eigenvalue weighted by molar-refractivity contribution is 5.72. The van der Waals surface area contributed by atoms with Gasteiger partial charge in [-0.15, -0.1) is 0 Å². The van der Waals surface area contributed by atoms with Gasteiger partial charge in [0.05, 0.1) is 31.0 Å². The van der Waals surface area contributed by atoms with Crippen molar-refractivity contribution in [2.75, 3.05) is 13.2 Å². The maximum absolute atomic E-state index is 13.4. The van der Waals surface area contributed by atoms with Crippen molar-refractivity contribution in [1.29, 1.82) is 0 Å². The number of hydrogen-bond acceptors (Lipinski definition) is 6. The first-order chi connectivity index (χ1) is 16.7. The van der Waals surface area contributed by atoms with Gasteiger partial charge in [0, 0.05) is 18.6 Å². The molecule has 7 nitrogen and oxygen atoms in total. The lowest BCUT2D eigenvalue weighted by Gasteiger charge is -2.29. The molecule has 35 heavy (non-hydrogen) atoms. The first-order valence-electron chi connectivity index (χ1n) is 12.0. The van der Waals surface area contributed by atoms with Crippen LogP contribution in [-0.2, 0) is 38.2 Å². The molecule has 194 valence electrons. The second kappa shape index (κ2) is 12.5. The van der Waals surface area contributed by atoms with Crippen LogP contribution in [0.3, 0.4) is 0 Å². The van der Waals surface area contributed by atoms with E-state index in [4.69, 9.17) is 18.6 Å². The van der Waals surface area contributed by atoms with Crippen LogP contribution >= 0.6 is 0 Å². The van der Waals surface area contributed by atoms with Gasteiger partial charge in [-0.3, -0.25) is 0 Å². The average Bonchev–Trinajstić information content (AvgIpc) is 3.25. The number of benzene rings is 1. The molecule has 10 heteroatoms. The van der Waals surface area contributed by atoms with Gasteiger partial charge in [-0.05, 0) is 44.2 Å². The summed E-state index contributed by atoms with van der Waals surface area (Å²) in [5.41, 5.74) is -0.432. The van der Waals surface area contributed by atoms with Crippen LogP contribution in [0.5, 0.6) is 0 Å². The molecule has 1 aromatic heterocycles. The van der Waals surface area contributed by atoms with Crippen LogP contribution in [-0.4, -0.2) is 47.6 Å². The van der Waals surface area contributed by atoms with E-state index < -0.39 is 23.8 Å². The molecular formula is C25H32F3NO6. The highest BCUT2D eigenvalue weighted by Crippen LogP contribution is 2.37. The van der Waals surface area contributed by atoms with Crippen LogP contribution < -0.4 is 0 Å². The molecule has 1 saturated carbocycles. The lowest BCUT2D eigenvalue weighted by Crippen LogP contribution is -2.34. The van der Waals surface area contributed by atoms with Crippen molar-refractivity contribution < 1.29 is 41.7 Å². The van der Waals surface area contributed by atoms with Gasteiger partial charge in [0.2, 0.25) is 5.89 Å². The van der Waals surface area contributed by atoms with Gasteiger partial charge < -0.3 is 23.7 Å². The van der Waals surface area contributed by atoms with Gasteiger partial charge in [-0.2, -0.15) is 13.2 Å². The van der Waals surface area contributed by atoms with Crippen molar-refractivity contribution in [1.82, 2.24) is 4.98 Å². The molecule has 0 spiro atoms. The van der Waals surface area contributed by atoms with Crippen LogP contribution in [0.1, 0.15) is 63.0 Å². The number of aryl methyl sites for hydroxylation is 1. The lowest BCUT2D eigenvalue weighted by molar-refractivity contribution is -0.157. The number of carboxylic acids is 1. The SMILES string of the molecule is CCCOC(CO[C@@H]1CCC[C@H](OCc2nc(-c3ccccc3C(F)(F)F)oc2CC)C1)C(=O)O. The van der Waals surface area contributed by atoms with E-state index in [0.29, 0.717) is 37.3 Å². The highest BCUT2D eigenvalue weighted by Gasteiger charge is 2.35. The summed E-state index contributed by atoms with van der Waals surface area (Å²) >= 11 is 0. The molecule has 2 aromatic rings. The van der Waals surface area contributed by atoms with Crippen LogP contribution in [0, 0.1) is 0 Å². The van der Waals surface area contributed by atoms with Crippen LogP contribution in [0.25, 0.3) is 11.5 Å².